The van der Waals surface area contributed by atoms with Crippen molar-refractivity contribution in [1.29, 1.82) is 0 Å². The molecule has 24 heavy (non-hydrogen) atoms. The molecule has 0 aliphatic carbocycles. The van der Waals surface area contributed by atoms with E-state index in [1.165, 1.54) is 19.3 Å². The maximum atomic E-state index is 11.9. The first-order valence-corrected chi connectivity index (χ1v) is 8.87. The molecule has 3 heterocycles. The molecule has 7 heteroatoms. The van der Waals surface area contributed by atoms with Crippen LogP contribution in [0.5, 0.6) is 0 Å². The van der Waals surface area contributed by atoms with Crippen LogP contribution in [0.25, 0.3) is 0 Å². The van der Waals surface area contributed by atoms with Crippen molar-refractivity contribution in [2.75, 3.05) is 62.7 Å². The third kappa shape index (κ3) is 5.07. The predicted molar refractivity (Wildman–Crippen MR) is 94.6 cm³/mol. The zero-order chi connectivity index (χ0) is 16.6. The Labute approximate surface area is 143 Å². The molecule has 0 aromatic carbocycles. The van der Waals surface area contributed by atoms with Gasteiger partial charge < -0.3 is 25.2 Å². The van der Waals surface area contributed by atoms with Crippen molar-refractivity contribution in [3.63, 3.8) is 0 Å². The minimum absolute atomic E-state index is 0.173. The van der Waals surface area contributed by atoms with Gasteiger partial charge in [-0.2, -0.15) is 0 Å². The summed E-state index contributed by atoms with van der Waals surface area (Å²) in [6.45, 7) is 7.08. The van der Waals surface area contributed by atoms with Gasteiger partial charge in [0.05, 0.1) is 25.1 Å². The fourth-order valence-corrected chi connectivity index (χ4v) is 3.13. The molecule has 1 aromatic heterocycles. The topological polar surface area (TPSA) is 69.7 Å². The van der Waals surface area contributed by atoms with Gasteiger partial charge in [-0.15, -0.1) is 0 Å². The van der Waals surface area contributed by atoms with Gasteiger partial charge in [-0.3, -0.25) is 0 Å². The standard InChI is InChI=1S/C17H27N5O2/c23-17(18-6-9-21-7-2-1-3-8-21)20-15-4-5-16(19-14-15)22-10-12-24-13-11-22/h4-5,14H,1-3,6-13H2,(H2,18,20,23). The number of likely N-dealkylation sites (tertiary alicyclic amines) is 1. The molecule has 0 saturated carbocycles. The molecule has 0 radical (unpaired) electrons. The number of hydrogen-bond acceptors (Lipinski definition) is 5. The van der Waals surface area contributed by atoms with E-state index in [2.05, 4.69) is 25.4 Å². The van der Waals surface area contributed by atoms with Gasteiger partial charge in [0.1, 0.15) is 5.82 Å². The monoisotopic (exact) mass is 333 g/mol. The molecule has 2 amide bonds. The quantitative estimate of drug-likeness (QED) is 0.855. The Morgan fingerprint density at radius 3 is 2.62 bits per heavy atom. The van der Waals surface area contributed by atoms with Crippen molar-refractivity contribution in [2.45, 2.75) is 19.3 Å². The van der Waals surface area contributed by atoms with E-state index in [0.717, 1.165) is 51.8 Å². The summed E-state index contributed by atoms with van der Waals surface area (Å²) in [5, 5.41) is 5.75. The lowest BCUT2D eigenvalue weighted by molar-refractivity contribution is 0.122. The number of carbonyl (C=O) groups is 1. The number of rotatable bonds is 5. The smallest absolute Gasteiger partial charge is 0.319 e. The summed E-state index contributed by atoms with van der Waals surface area (Å²) < 4.78 is 5.34. The zero-order valence-electron chi connectivity index (χ0n) is 14.2. The third-order valence-corrected chi connectivity index (χ3v) is 4.50. The van der Waals surface area contributed by atoms with E-state index in [1.54, 1.807) is 6.20 Å². The maximum Gasteiger partial charge on any atom is 0.319 e. The Hall–Kier alpha value is -1.86. The van der Waals surface area contributed by atoms with Crippen LogP contribution in [0.15, 0.2) is 18.3 Å². The average Bonchev–Trinajstić information content (AvgIpc) is 2.64. The molecule has 0 spiro atoms. The number of nitrogens with one attached hydrogen (secondary N) is 2. The van der Waals surface area contributed by atoms with E-state index in [0.29, 0.717) is 12.2 Å². The normalized spacial score (nSPS) is 19.1. The summed E-state index contributed by atoms with van der Waals surface area (Å²) in [5.41, 5.74) is 0.711. The molecular weight excluding hydrogens is 306 g/mol. The Morgan fingerprint density at radius 1 is 1.12 bits per heavy atom. The van der Waals surface area contributed by atoms with Crippen molar-refractivity contribution < 1.29 is 9.53 Å². The second kappa shape index (κ2) is 8.84. The van der Waals surface area contributed by atoms with Crippen LogP contribution in [-0.4, -0.2) is 68.4 Å². The molecule has 3 rings (SSSR count). The van der Waals surface area contributed by atoms with E-state index < -0.39 is 0 Å². The highest BCUT2D eigenvalue weighted by Gasteiger charge is 2.13. The summed E-state index contributed by atoms with van der Waals surface area (Å²) in [6, 6.07) is 3.66. The van der Waals surface area contributed by atoms with Gasteiger partial charge in [-0.1, -0.05) is 6.42 Å². The highest BCUT2D eigenvalue weighted by atomic mass is 16.5. The molecule has 0 atom stereocenters. The molecule has 2 aliphatic heterocycles. The first kappa shape index (κ1) is 17.0. The van der Waals surface area contributed by atoms with Crippen molar-refractivity contribution in [3.05, 3.63) is 18.3 Å². The van der Waals surface area contributed by atoms with Crippen LogP contribution in [-0.2, 0) is 4.74 Å². The van der Waals surface area contributed by atoms with Crippen LogP contribution < -0.4 is 15.5 Å². The number of carbonyl (C=O) groups excluding carboxylic acids is 1. The minimum Gasteiger partial charge on any atom is -0.378 e. The molecule has 7 nitrogen and oxygen atoms in total. The number of piperidine rings is 1. The van der Waals surface area contributed by atoms with E-state index in [-0.39, 0.29) is 6.03 Å². The number of hydrogen-bond donors (Lipinski definition) is 2. The Balaban J connectivity index is 1.39. The molecule has 1 aromatic rings. The number of nitrogens with zero attached hydrogens (tertiary/aromatic N) is 3. The number of anilines is 2. The lowest BCUT2D eigenvalue weighted by Gasteiger charge is -2.27. The maximum absolute atomic E-state index is 11.9. The van der Waals surface area contributed by atoms with E-state index >= 15 is 0 Å². The predicted octanol–water partition coefficient (Wildman–Crippen LogP) is 1.53. The van der Waals surface area contributed by atoms with Crippen LogP contribution in [0.2, 0.25) is 0 Å². The number of amides is 2. The Morgan fingerprint density at radius 2 is 1.92 bits per heavy atom. The van der Waals surface area contributed by atoms with Gasteiger partial charge in [0.15, 0.2) is 0 Å². The van der Waals surface area contributed by atoms with Gasteiger partial charge in [-0.05, 0) is 38.1 Å². The lowest BCUT2D eigenvalue weighted by Crippen LogP contribution is -2.39. The minimum atomic E-state index is -0.173. The number of ether oxygens (including phenoxy) is 1. The van der Waals surface area contributed by atoms with Crippen molar-refractivity contribution >= 4 is 17.5 Å². The van der Waals surface area contributed by atoms with Crippen LogP contribution in [0.4, 0.5) is 16.3 Å². The van der Waals surface area contributed by atoms with Crippen molar-refractivity contribution in [3.8, 4) is 0 Å². The van der Waals surface area contributed by atoms with Gasteiger partial charge in [-0.25, -0.2) is 9.78 Å². The molecule has 2 saturated heterocycles. The summed E-state index contributed by atoms with van der Waals surface area (Å²) in [7, 11) is 0. The summed E-state index contributed by atoms with van der Waals surface area (Å²) in [5.74, 6) is 0.925. The molecule has 2 N–H and O–H groups in total. The molecule has 2 fully saturated rings. The van der Waals surface area contributed by atoms with E-state index in [9.17, 15) is 4.79 Å². The lowest BCUT2D eigenvalue weighted by atomic mass is 10.1. The number of morpholine rings is 1. The number of urea groups is 1. The van der Waals surface area contributed by atoms with E-state index in [1.807, 2.05) is 12.1 Å². The highest BCUT2D eigenvalue weighted by molar-refractivity contribution is 5.89. The number of pyridine rings is 1. The summed E-state index contributed by atoms with van der Waals surface area (Å²) in [6.07, 6.45) is 5.58. The third-order valence-electron chi connectivity index (χ3n) is 4.50. The summed E-state index contributed by atoms with van der Waals surface area (Å²) >= 11 is 0. The SMILES string of the molecule is O=C(NCCN1CCCCC1)Nc1ccc(N2CCOCC2)nc1. The largest absolute Gasteiger partial charge is 0.378 e. The van der Waals surface area contributed by atoms with Gasteiger partial charge in [0.2, 0.25) is 0 Å². The van der Waals surface area contributed by atoms with Crippen LogP contribution >= 0.6 is 0 Å². The second-order valence-corrected chi connectivity index (χ2v) is 6.29. The van der Waals surface area contributed by atoms with Crippen LogP contribution in [0.3, 0.4) is 0 Å². The van der Waals surface area contributed by atoms with Crippen molar-refractivity contribution in [2.24, 2.45) is 0 Å². The van der Waals surface area contributed by atoms with Gasteiger partial charge in [0, 0.05) is 26.2 Å². The highest BCUT2D eigenvalue weighted by Crippen LogP contribution is 2.15. The fourth-order valence-electron chi connectivity index (χ4n) is 3.13. The van der Waals surface area contributed by atoms with E-state index in [4.69, 9.17) is 4.74 Å². The van der Waals surface area contributed by atoms with Crippen molar-refractivity contribution in [1.82, 2.24) is 15.2 Å². The molecule has 132 valence electrons. The second-order valence-electron chi connectivity index (χ2n) is 6.29. The van der Waals surface area contributed by atoms with Crippen LogP contribution in [0, 0.1) is 0 Å². The molecule has 0 unspecified atom stereocenters. The molecule has 0 bridgehead atoms. The summed E-state index contributed by atoms with van der Waals surface area (Å²) in [4.78, 5) is 21.0. The fraction of sp³-hybridized carbons (Fsp3) is 0.647. The van der Waals surface area contributed by atoms with Gasteiger partial charge >= 0.3 is 6.03 Å². The first-order valence-electron chi connectivity index (χ1n) is 8.87. The van der Waals surface area contributed by atoms with Gasteiger partial charge in [0.25, 0.3) is 0 Å². The zero-order valence-corrected chi connectivity index (χ0v) is 14.2. The Bertz CT molecular complexity index is 510. The molecule has 2 aliphatic rings. The average molecular weight is 333 g/mol. The first-order chi connectivity index (χ1) is 11.8. The van der Waals surface area contributed by atoms with Crippen LogP contribution in [0.1, 0.15) is 19.3 Å². The molecular formula is C17H27N5O2. The number of aromatic nitrogens is 1. The Kier molecular flexibility index (Phi) is 6.26.